The van der Waals surface area contributed by atoms with E-state index in [-0.39, 0.29) is 18.8 Å². The Kier molecular flexibility index (Phi) is 11.4. The largest absolute Gasteiger partial charge is 0.508 e. The number of aromatic hydroxyl groups is 1. The van der Waals surface area contributed by atoms with Crippen molar-refractivity contribution >= 4 is 11.9 Å². The van der Waals surface area contributed by atoms with Gasteiger partial charge in [0.25, 0.3) is 0 Å². The van der Waals surface area contributed by atoms with Crippen LogP contribution in [0.15, 0.2) is 48.1 Å². The van der Waals surface area contributed by atoms with Gasteiger partial charge in [0.2, 0.25) is 5.91 Å². The normalized spacial score (nSPS) is 14.0. The van der Waals surface area contributed by atoms with Gasteiger partial charge in [-0.25, -0.2) is 4.79 Å². The number of unbranched alkanes of at least 4 members (excludes halogenated alkanes) is 3. The molecule has 1 aromatic rings. The van der Waals surface area contributed by atoms with E-state index in [0.29, 0.717) is 11.5 Å². The van der Waals surface area contributed by atoms with Crippen LogP contribution in [0.2, 0.25) is 0 Å². The third-order valence-corrected chi connectivity index (χ3v) is 4.60. The Bertz CT molecular complexity index is 694. The predicted molar refractivity (Wildman–Crippen MR) is 114 cm³/mol. The van der Waals surface area contributed by atoms with Crippen LogP contribution in [0.5, 0.6) is 5.75 Å². The fraction of sp³-hybridized carbons (Fsp3) is 0.478. The van der Waals surface area contributed by atoms with E-state index in [1.54, 1.807) is 18.2 Å². The van der Waals surface area contributed by atoms with Crippen LogP contribution in [0.3, 0.4) is 0 Å². The minimum Gasteiger partial charge on any atom is -0.508 e. The molecule has 0 saturated carbocycles. The molecule has 2 atom stereocenters. The second-order valence-corrected chi connectivity index (χ2v) is 7.42. The Balaban J connectivity index is 2.51. The number of aliphatic hydroxyl groups excluding tert-OH is 1. The first-order valence-corrected chi connectivity index (χ1v) is 10.1. The molecule has 1 aromatic carbocycles. The molecule has 29 heavy (non-hydrogen) atoms. The van der Waals surface area contributed by atoms with Gasteiger partial charge < -0.3 is 20.6 Å². The number of phenols is 1. The van der Waals surface area contributed by atoms with E-state index < -0.39 is 17.9 Å². The van der Waals surface area contributed by atoms with Crippen molar-refractivity contribution in [2.75, 3.05) is 6.61 Å². The second kappa shape index (κ2) is 13.6. The SMILES string of the molecule is CC(C=CC(=O)N[C@@H](Cc1ccc(O)cc1)C(=O)O)=C[C@H](C)CCCCCCO. The summed E-state index contributed by atoms with van der Waals surface area (Å²) >= 11 is 0. The Hall–Kier alpha value is -2.60. The number of benzene rings is 1. The molecule has 160 valence electrons. The molecule has 0 aliphatic heterocycles. The van der Waals surface area contributed by atoms with Crippen LogP contribution in [0.25, 0.3) is 0 Å². The van der Waals surface area contributed by atoms with Crippen molar-refractivity contribution in [2.24, 2.45) is 5.92 Å². The molecule has 0 bridgehead atoms. The summed E-state index contributed by atoms with van der Waals surface area (Å²) in [6.45, 7) is 4.29. The smallest absolute Gasteiger partial charge is 0.326 e. The molecule has 0 saturated heterocycles. The van der Waals surface area contributed by atoms with Crippen molar-refractivity contribution in [3.05, 3.63) is 53.6 Å². The van der Waals surface area contributed by atoms with E-state index in [1.165, 1.54) is 18.2 Å². The fourth-order valence-corrected chi connectivity index (χ4v) is 3.01. The van der Waals surface area contributed by atoms with Gasteiger partial charge in [0, 0.05) is 19.1 Å². The number of nitrogens with one attached hydrogen (secondary N) is 1. The lowest BCUT2D eigenvalue weighted by Crippen LogP contribution is -2.41. The van der Waals surface area contributed by atoms with Crippen LogP contribution < -0.4 is 5.32 Å². The highest BCUT2D eigenvalue weighted by Gasteiger charge is 2.19. The molecule has 0 aliphatic carbocycles. The summed E-state index contributed by atoms with van der Waals surface area (Å²) in [4.78, 5) is 23.6. The van der Waals surface area contributed by atoms with Crippen molar-refractivity contribution < 1.29 is 24.9 Å². The van der Waals surface area contributed by atoms with Gasteiger partial charge in [-0.1, -0.05) is 56.0 Å². The summed E-state index contributed by atoms with van der Waals surface area (Å²) in [7, 11) is 0. The number of carboxylic acids is 1. The lowest BCUT2D eigenvalue weighted by molar-refractivity contribution is -0.141. The highest BCUT2D eigenvalue weighted by Crippen LogP contribution is 2.14. The molecule has 1 amide bonds. The van der Waals surface area contributed by atoms with E-state index in [4.69, 9.17) is 5.11 Å². The predicted octanol–water partition coefficient (Wildman–Crippen LogP) is 3.59. The van der Waals surface area contributed by atoms with Gasteiger partial charge >= 0.3 is 5.97 Å². The van der Waals surface area contributed by atoms with Crippen molar-refractivity contribution in [1.29, 1.82) is 0 Å². The van der Waals surface area contributed by atoms with E-state index in [2.05, 4.69) is 18.3 Å². The van der Waals surface area contributed by atoms with Crippen LogP contribution in [-0.4, -0.2) is 39.8 Å². The first-order valence-electron chi connectivity index (χ1n) is 10.1. The molecular weight excluding hydrogens is 370 g/mol. The highest BCUT2D eigenvalue weighted by atomic mass is 16.4. The molecule has 0 heterocycles. The zero-order valence-corrected chi connectivity index (χ0v) is 17.3. The van der Waals surface area contributed by atoms with Crippen molar-refractivity contribution in [3.8, 4) is 5.75 Å². The van der Waals surface area contributed by atoms with Gasteiger partial charge in [0.1, 0.15) is 11.8 Å². The standard InChI is InChI=1S/C23H33NO5/c1-17(7-5-3-4-6-14-25)15-18(2)8-13-22(27)24-21(23(28)29)16-19-9-11-20(26)12-10-19/h8-13,15,17,21,25-26H,3-7,14,16H2,1-2H3,(H,24,27)(H,28,29)/t17-,21+/m1/s1. The highest BCUT2D eigenvalue weighted by molar-refractivity contribution is 5.91. The summed E-state index contributed by atoms with van der Waals surface area (Å²) in [6.07, 6.45) is 10.4. The van der Waals surface area contributed by atoms with Gasteiger partial charge in [-0.2, -0.15) is 0 Å². The minimum atomic E-state index is -1.11. The molecule has 6 nitrogen and oxygen atoms in total. The molecule has 0 fully saturated rings. The Morgan fingerprint density at radius 2 is 1.72 bits per heavy atom. The second-order valence-electron chi connectivity index (χ2n) is 7.42. The average molecular weight is 404 g/mol. The molecule has 1 rings (SSSR count). The molecule has 6 heteroatoms. The summed E-state index contributed by atoms with van der Waals surface area (Å²) in [5, 5.41) is 29.9. The Morgan fingerprint density at radius 3 is 2.34 bits per heavy atom. The number of hydrogen-bond acceptors (Lipinski definition) is 4. The molecule has 0 aliphatic rings. The fourth-order valence-electron chi connectivity index (χ4n) is 3.01. The van der Waals surface area contributed by atoms with Crippen LogP contribution in [0.4, 0.5) is 0 Å². The number of phenolic OH excluding ortho intramolecular Hbond substituents is 1. The molecule has 4 N–H and O–H groups in total. The number of hydrogen-bond donors (Lipinski definition) is 4. The van der Waals surface area contributed by atoms with Gasteiger partial charge in [-0.15, -0.1) is 0 Å². The van der Waals surface area contributed by atoms with Gasteiger partial charge in [0.05, 0.1) is 0 Å². The van der Waals surface area contributed by atoms with Gasteiger partial charge in [-0.05, 0) is 43.4 Å². The maximum atomic E-state index is 12.1. The summed E-state index contributed by atoms with van der Waals surface area (Å²) < 4.78 is 0. The monoisotopic (exact) mass is 403 g/mol. The number of amides is 1. The van der Waals surface area contributed by atoms with Crippen molar-refractivity contribution in [2.45, 2.75) is 58.4 Å². The number of allylic oxidation sites excluding steroid dienone is 3. The first-order chi connectivity index (χ1) is 13.8. The summed E-state index contributed by atoms with van der Waals surface area (Å²) in [6, 6.07) is 5.19. The van der Waals surface area contributed by atoms with E-state index in [9.17, 15) is 19.8 Å². The van der Waals surface area contributed by atoms with Gasteiger partial charge in [-0.3, -0.25) is 4.79 Å². The molecule has 0 aromatic heterocycles. The number of carbonyl (C=O) groups is 2. The average Bonchev–Trinajstić information content (AvgIpc) is 2.67. The quantitative estimate of drug-likeness (QED) is 0.229. The number of aliphatic carboxylic acids is 1. The third kappa shape index (κ3) is 11.1. The van der Waals surface area contributed by atoms with Crippen LogP contribution in [-0.2, 0) is 16.0 Å². The zero-order chi connectivity index (χ0) is 21.6. The Morgan fingerprint density at radius 1 is 1.07 bits per heavy atom. The summed E-state index contributed by atoms with van der Waals surface area (Å²) in [5.41, 5.74) is 1.66. The zero-order valence-electron chi connectivity index (χ0n) is 17.3. The maximum absolute atomic E-state index is 12.1. The third-order valence-electron chi connectivity index (χ3n) is 4.60. The van der Waals surface area contributed by atoms with Gasteiger partial charge in [0.15, 0.2) is 0 Å². The Labute approximate surface area is 173 Å². The lowest BCUT2D eigenvalue weighted by Gasteiger charge is -2.13. The first kappa shape index (κ1) is 24.4. The number of rotatable bonds is 13. The van der Waals surface area contributed by atoms with Crippen molar-refractivity contribution in [1.82, 2.24) is 5.32 Å². The molecule has 0 spiro atoms. The molecular formula is C23H33NO5. The molecule has 0 unspecified atom stereocenters. The number of aliphatic hydroxyl groups is 1. The van der Waals surface area contributed by atoms with Crippen molar-refractivity contribution in [3.63, 3.8) is 0 Å². The summed E-state index contributed by atoms with van der Waals surface area (Å²) in [5.74, 6) is -1.07. The minimum absolute atomic E-state index is 0.106. The van der Waals surface area contributed by atoms with Crippen LogP contribution >= 0.6 is 0 Å². The van der Waals surface area contributed by atoms with E-state index in [1.807, 2.05) is 6.92 Å². The number of carboxylic acid groups (broad SMARTS) is 1. The number of carbonyl (C=O) groups excluding carboxylic acids is 1. The molecule has 0 radical (unpaired) electrons. The van der Waals surface area contributed by atoms with Crippen LogP contribution in [0, 0.1) is 5.92 Å². The van der Waals surface area contributed by atoms with Crippen LogP contribution in [0.1, 0.15) is 51.5 Å². The topological polar surface area (TPSA) is 107 Å². The van der Waals surface area contributed by atoms with E-state index in [0.717, 1.165) is 37.7 Å². The maximum Gasteiger partial charge on any atom is 0.326 e. The lowest BCUT2D eigenvalue weighted by atomic mass is 10.00. The van der Waals surface area contributed by atoms with E-state index >= 15 is 0 Å².